The third-order valence-corrected chi connectivity index (χ3v) is 4.47. The Labute approximate surface area is 130 Å². The summed E-state index contributed by atoms with van der Waals surface area (Å²) >= 11 is 3.47. The molecule has 112 valence electrons. The molecule has 1 fully saturated rings. The summed E-state index contributed by atoms with van der Waals surface area (Å²) in [5, 5.41) is 3.63. The highest BCUT2D eigenvalue weighted by molar-refractivity contribution is 9.10. The van der Waals surface area contributed by atoms with Crippen molar-refractivity contribution >= 4 is 15.9 Å². The maximum atomic E-state index is 5.84. The van der Waals surface area contributed by atoms with Gasteiger partial charge in [0, 0.05) is 36.2 Å². The second kappa shape index (κ2) is 7.43. The number of hydrogen-bond acceptors (Lipinski definition) is 3. The minimum absolute atomic E-state index is 0.580. The minimum Gasteiger partial charge on any atom is -0.492 e. The SMILES string of the molecule is CC(C)C1CN(CCOc2cccc(Br)c2)C(C)CN1. The first-order valence-electron chi connectivity index (χ1n) is 7.42. The maximum absolute atomic E-state index is 5.84. The fourth-order valence-electron chi connectivity index (χ4n) is 2.54. The van der Waals surface area contributed by atoms with Crippen LogP contribution in [-0.2, 0) is 0 Å². The molecule has 4 heteroatoms. The Hall–Kier alpha value is -0.580. The predicted octanol–water partition coefficient (Wildman–Crippen LogP) is 3.15. The first kappa shape index (κ1) is 15.8. The summed E-state index contributed by atoms with van der Waals surface area (Å²) in [6.07, 6.45) is 0. The smallest absolute Gasteiger partial charge is 0.120 e. The molecular weight excluding hydrogens is 316 g/mol. The molecule has 1 aliphatic rings. The van der Waals surface area contributed by atoms with E-state index in [0.717, 1.165) is 36.5 Å². The van der Waals surface area contributed by atoms with E-state index in [-0.39, 0.29) is 0 Å². The Balaban J connectivity index is 1.80. The fraction of sp³-hybridized carbons (Fsp3) is 0.625. The van der Waals surface area contributed by atoms with Crippen LogP contribution in [0.5, 0.6) is 5.75 Å². The third-order valence-electron chi connectivity index (χ3n) is 3.98. The van der Waals surface area contributed by atoms with Crippen LogP contribution < -0.4 is 10.1 Å². The van der Waals surface area contributed by atoms with E-state index in [1.54, 1.807) is 0 Å². The van der Waals surface area contributed by atoms with Crippen molar-refractivity contribution < 1.29 is 4.74 Å². The molecule has 20 heavy (non-hydrogen) atoms. The zero-order valence-electron chi connectivity index (χ0n) is 12.6. The van der Waals surface area contributed by atoms with E-state index in [2.05, 4.69) is 46.9 Å². The molecule has 1 N–H and O–H groups in total. The summed E-state index contributed by atoms with van der Waals surface area (Å²) < 4.78 is 6.90. The van der Waals surface area contributed by atoms with E-state index >= 15 is 0 Å². The van der Waals surface area contributed by atoms with Gasteiger partial charge in [-0.05, 0) is 31.0 Å². The molecule has 1 aliphatic heterocycles. The van der Waals surface area contributed by atoms with Crippen LogP contribution in [0.25, 0.3) is 0 Å². The van der Waals surface area contributed by atoms with Gasteiger partial charge in [-0.15, -0.1) is 0 Å². The molecule has 2 rings (SSSR count). The molecule has 1 saturated heterocycles. The standard InChI is InChI=1S/C16H25BrN2O/c1-12(2)16-11-19(13(3)10-18-16)7-8-20-15-6-4-5-14(17)9-15/h4-6,9,12-13,16,18H,7-8,10-11H2,1-3H3. The highest BCUT2D eigenvalue weighted by Gasteiger charge is 2.26. The van der Waals surface area contributed by atoms with Crippen LogP contribution >= 0.6 is 15.9 Å². The average Bonchev–Trinajstić information content (AvgIpc) is 2.40. The van der Waals surface area contributed by atoms with E-state index in [1.165, 1.54) is 0 Å². The van der Waals surface area contributed by atoms with E-state index < -0.39 is 0 Å². The third kappa shape index (κ3) is 4.47. The van der Waals surface area contributed by atoms with Gasteiger partial charge < -0.3 is 10.1 Å². The van der Waals surface area contributed by atoms with Crippen LogP contribution in [-0.4, -0.2) is 43.2 Å². The Morgan fingerprint density at radius 1 is 1.45 bits per heavy atom. The molecule has 0 spiro atoms. The van der Waals surface area contributed by atoms with Crippen molar-refractivity contribution in [1.82, 2.24) is 10.2 Å². The maximum Gasteiger partial charge on any atom is 0.120 e. The fourth-order valence-corrected chi connectivity index (χ4v) is 2.92. The van der Waals surface area contributed by atoms with Crippen LogP contribution in [0.15, 0.2) is 28.7 Å². The van der Waals surface area contributed by atoms with Crippen LogP contribution in [0.3, 0.4) is 0 Å². The lowest BCUT2D eigenvalue weighted by molar-refractivity contribution is 0.104. The molecular formula is C16H25BrN2O. The van der Waals surface area contributed by atoms with E-state index in [4.69, 9.17) is 4.74 Å². The summed E-state index contributed by atoms with van der Waals surface area (Å²) in [6.45, 7) is 10.8. The van der Waals surface area contributed by atoms with Crippen molar-refractivity contribution in [2.24, 2.45) is 5.92 Å². The number of rotatable bonds is 5. The monoisotopic (exact) mass is 340 g/mol. The van der Waals surface area contributed by atoms with Gasteiger partial charge in [-0.3, -0.25) is 4.90 Å². The number of nitrogens with zero attached hydrogens (tertiary/aromatic N) is 1. The molecule has 0 amide bonds. The minimum atomic E-state index is 0.580. The van der Waals surface area contributed by atoms with Crippen molar-refractivity contribution in [1.29, 1.82) is 0 Å². The lowest BCUT2D eigenvalue weighted by Crippen LogP contribution is -2.57. The summed E-state index contributed by atoms with van der Waals surface area (Å²) in [4.78, 5) is 2.53. The zero-order valence-corrected chi connectivity index (χ0v) is 14.2. The van der Waals surface area contributed by atoms with Crippen molar-refractivity contribution in [3.05, 3.63) is 28.7 Å². The van der Waals surface area contributed by atoms with Crippen molar-refractivity contribution in [2.75, 3.05) is 26.2 Å². The van der Waals surface area contributed by atoms with E-state index in [0.29, 0.717) is 18.0 Å². The van der Waals surface area contributed by atoms with Gasteiger partial charge in [0.1, 0.15) is 12.4 Å². The molecule has 1 heterocycles. The lowest BCUT2D eigenvalue weighted by atomic mass is 10.00. The van der Waals surface area contributed by atoms with Crippen molar-refractivity contribution in [3.63, 3.8) is 0 Å². The normalized spacial score (nSPS) is 24.1. The second-order valence-electron chi connectivity index (χ2n) is 5.91. The number of ether oxygens (including phenoxy) is 1. The van der Waals surface area contributed by atoms with Crippen LogP contribution in [0.2, 0.25) is 0 Å². The Bertz CT molecular complexity index is 425. The topological polar surface area (TPSA) is 24.5 Å². The Morgan fingerprint density at radius 3 is 2.95 bits per heavy atom. The number of halogens is 1. The van der Waals surface area contributed by atoms with Crippen LogP contribution in [0.1, 0.15) is 20.8 Å². The van der Waals surface area contributed by atoms with Gasteiger partial charge in [0.2, 0.25) is 0 Å². The van der Waals surface area contributed by atoms with Gasteiger partial charge >= 0.3 is 0 Å². The number of hydrogen-bond donors (Lipinski definition) is 1. The molecule has 0 bridgehead atoms. The molecule has 0 saturated carbocycles. The molecule has 0 aromatic heterocycles. The van der Waals surface area contributed by atoms with Crippen LogP contribution in [0, 0.1) is 5.92 Å². The molecule has 1 aromatic rings. The molecule has 2 atom stereocenters. The lowest BCUT2D eigenvalue weighted by Gasteiger charge is -2.40. The highest BCUT2D eigenvalue weighted by atomic mass is 79.9. The van der Waals surface area contributed by atoms with Gasteiger partial charge in [0.05, 0.1) is 0 Å². The van der Waals surface area contributed by atoms with E-state index in [1.807, 2.05) is 24.3 Å². The summed E-state index contributed by atoms with van der Waals surface area (Å²) in [5.41, 5.74) is 0. The van der Waals surface area contributed by atoms with Gasteiger partial charge in [-0.2, -0.15) is 0 Å². The largest absolute Gasteiger partial charge is 0.492 e. The van der Waals surface area contributed by atoms with Gasteiger partial charge in [0.25, 0.3) is 0 Å². The molecule has 0 radical (unpaired) electrons. The second-order valence-corrected chi connectivity index (χ2v) is 6.82. The summed E-state index contributed by atoms with van der Waals surface area (Å²) in [5.74, 6) is 1.61. The number of nitrogens with one attached hydrogen (secondary N) is 1. The highest BCUT2D eigenvalue weighted by Crippen LogP contribution is 2.18. The van der Waals surface area contributed by atoms with Crippen molar-refractivity contribution in [2.45, 2.75) is 32.9 Å². The Morgan fingerprint density at radius 2 is 2.25 bits per heavy atom. The van der Waals surface area contributed by atoms with Gasteiger partial charge in [-0.1, -0.05) is 35.8 Å². The molecule has 0 aliphatic carbocycles. The summed E-state index contributed by atoms with van der Waals surface area (Å²) in [7, 11) is 0. The molecule has 3 nitrogen and oxygen atoms in total. The zero-order chi connectivity index (χ0) is 14.5. The van der Waals surface area contributed by atoms with Gasteiger partial charge in [-0.25, -0.2) is 0 Å². The van der Waals surface area contributed by atoms with Crippen molar-refractivity contribution in [3.8, 4) is 5.75 Å². The quantitative estimate of drug-likeness (QED) is 0.891. The average molecular weight is 341 g/mol. The molecule has 2 unspecified atom stereocenters. The Kier molecular flexibility index (Phi) is 5.87. The summed E-state index contributed by atoms with van der Waals surface area (Å²) in [6, 6.07) is 9.20. The van der Waals surface area contributed by atoms with Crippen LogP contribution in [0.4, 0.5) is 0 Å². The first-order chi connectivity index (χ1) is 9.56. The molecule has 1 aromatic carbocycles. The first-order valence-corrected chi connectivity index (χ1v) is 8.21. The van der Waals surface area contributed by atoms with Gasteiger partial charge in [0.15, 0.2) is 0 Å². The number of benzene rings is 1. The number of piperazine rings is 1. The predicted molar refractivity (Wildman–Crippen MR) is 87.3 cm³/mol. The van der Waals surface area contributed by atoms with E-state index in [9.17, 15) is 0 Å².